The molecule has 3 nitrogen and oxygen atoms in total. The molecule has 4 unspecified atom stereocenters. The Kier molecular flexibility index (Phi) is 9.45. The first-order chi connectivity index (χ1) is 21.0. The van der Waals surface area contributed by atoms with Crippen molar-refractivity contribution in [2.75, 3.05) is 0 Å². The number of phenols is 1. The molecule has 5 aliphatic carbocycles. The van der Waals surface area contributed by atoms with E-state index in [-0.39, 0.29) is 16.7 Å². The molecule has 230 valence electrons. The number of hydrogen-bond acceptors (Lipinski definition) is 2. The third-order valence-corrected chi connectivity index (χ3v) is 12.0. The molecule has 5 aliphatic rings. The molecule has 4 atom stereocenters. The molecule has 0 heterocycles. The molecule has 3 heteroatoms. The molecule has 43 heavy (non-hydrogen) atoms. The highest BCUT2D eigenvalue weighted by molar-refractivity contribution is 5.73. The van der Waals surface area contributed by atoms with E-state index in [1.54, 1.807) is 0 Å². The number of benzene rings is 2. The number of hydrogen-bond donors (Lipinski definition) is 2. The zero-order valence-corrected chi connectivity index (χ0v) is 26.1. The lowest BCUT2D eigenvalue weighted by atomic mass is 9.56. The predicted octanol–water partition coefficient (Wildman–Crippen LogP) is 10.2. The Morgan fingerprint density at radius 2 is 1.65 bits per heavy atom. The van der Waals surface area contributed by atoms with Crippen LogP contribution in [0.1, 0.15) is 126 Å². The molecular formula is C40H52O3. The highest BCUT2D eigenvalue weighted by Gasteiger charge is 2.47. The van der Waals surface area contributed by atoms with Crippen LogP contribution in [0.3, 0.4) is 0 Å². The second-order valence-corrected chi connectivity index (χ2v) is 14.4. The maximum Gasteiger partial charge on any atom is 0.307 e. The number of allylic oxidation sites excluding steroid dienone is 4. The van der Waals surface area contributed by atoms with Crippen molar-refractivity contribution in [3.63, 3.8) is 0 Å². The lowest BCUT2D eigenvalue weighted by Gasteiger charge is -2.48. The second kappa shape index (κ2) is 13.4. The van der Waals surface area contributed by atoms with Crippen LogP contribution in [0.15, 0.2) is 72.3 Å². The standard InChI is InChI=1S/C40H52O3/c41-36-20-18-33(19-21-36)40-26-23-31(27-35(40)15-5-2-1-4-11-30-12-6-7-13-30)17-22-37(38(42)43)39(24-8-3-9-25-39)34-16-10-14-32(28-34)29-40/h6,10,12,14,16-21,28,30,35,37,41H,1-5,7-9,11,13,15,22-27,29H2,(H,42,43). The maximum absolute atomic E-state index is 12.9. The summed E-state index contributed by atoms with van der Waals surface area (Å²) in [7, 11) is 0. The SMILES string of the molecule is O=C(O)C1CC=C2CCC(c3ccc(O)cc3)(Cc3cccc(c3)C13CCCCC3)C(CCCCCCC1C=CCC1)C2. The summed E-state index contributed by atoms with van der Waals surface area (Å²) < 4.78 is 0. The molecule has 2 saturated carbocycles. The van der Waals surface area contributed by atoms with E-state index < -0.39 is 5.97 Å². The quantitative estimate of drug-likeness (QED) is 0.229. The minimum Gasteiger partial charge on any atom is -0.508 e. The minimum atomic E-state index is -0.625. The van der Waals surface area contributed by atoms with Gasteiger partial charge in [-0.2, -0.15) is 0 Å². The van der Waals surface area contributed by atoms with Crippen LogP contribution < -0.4 is 0 Å². The van der Waals surface area contributed by atoms with Gasteiger partial charge in [0.2, 0.25) is 0 Å². The van der Waals surface area contributed by atoms with Gasteiger partial charge in [-0.15, -0.1) is 0 Å². The average Bonchev–Trinajstić information content (AvgIpc) is 3.54. The minimum absolute atomic E-state index is 0.0173. The highest BCUT2D eigenvalue weighted by atomic mass is 16.4. The molecule has 0 radical (unpaired) electrons. The van der Waals surface area contributed by atoms with E-state index in [0.717, 1.165) is 57.3 Å². The number of unbranched alkanes of at least 4 members (excludes halogenated alkanes) is 3. The van der Waals surface area contributed by atoms with Crippen molar-refractivity contribution in [3.05, 3.63) is 89.0 Å². The van der Waals surface area contributed by atoms with Gasteiger partial charge < -0.3 is 10.2 Å². The Hall–Kier alpha value is -2.81. The van der Waals surface area contributed by atoms with Crippen LogP contribution in [0.5, 0.6) is 5.75 Å². The fraction of sp³-hybridized carbons (Fsp3) is 0.575. The van der Waals surface area contributed by atoms with Crippen LogP contribution in [-0.2, 0) is 22.0 Å². The fourth-order valence-electron chi connectivity index (χ4n) is 9.58. The molecular weight excluding hydrogens is 528 g/mol. The molecule has 2 aromatic carbocycles. The van der Waals surface area contributed by atoms with Crippen molar-refractivity contribution in [1.29, 1.82) is 0 Å². The summed E-state index contributed by atoms with van der Waals surface area (Å²) in [6.07, 6.45) is 27.6. The van der Waals surface area contributed by atoms with E-state index in [1.807, 2.05) is 12.1 Å². The molecule has 0 saturated heterocycles. The summed E-state index contributed by atoms with van der Waals surface area (Å²) in [4.78, 5) is 12.9. The summed E-state index contributed by atoms with van der Waals surface area (Å²) in [6, 6.07) is 17.3. The number of carboxylic acid groups (broad SMARTS) is 1. The van der Waals surface area contributed by atoms with Crippen LogP contribution in [0.25, 0.3) is 0 Å². The van der Waals surface area contributed by atoms with Crippen molar-refractivity contribution in [1.82, 2.24) is 0 Å². The predicted molar refractivity (Wildman–Crippen MR) is 175 cm³/mol. The van der Waals surface area contributed by atoms with Gasteiger partial charge in [-0.1, -0.05) is 105 Å². The van der Waals surface area contributed by atoms with Gasteiger partial charge in [0.1, 0.15) is 5.75 Å². The molecule has 0 aliphatic heterocycles. The van der Waals surface area contributed by atoms with Crippen LogP contribution in [0.2, 0.25) is 0 Å². The molecule has 0 aromatic heterocycles. The largest absolute Gasteiger partial charge is 0.508 e. The second-order valence-electron chi connectivity index (χ2n) is 14.4. The number of fused-ring (bicyclic) bond motifs is 4. The lowest BCUT2D eigenvalue weighted by Crippen LogP contribution is -2.43. The van der Waals surface area contributed by atoms with Gasteiger partial charge in [-0.3, -0.25) is 4.79 Å². The van der Waals surface area contributed by atoms with Crippen molar-refractivity contribution in [2.45, 2.75) is 126 Å². The van der Waals surface area contributed by atoms with Crippen molar-refractivity contribution in [2.24, 2.45) is 17.8 Å². The number of carboxylic acids is 1. The molecule has 2 aromatic rings. The number of aromatic hydroxyl groups is 1. The molecule has 2 fully saturated rings. The van der Waals surface area contributed by atoms with E-state index in [4.69, 9.17) is 0 Å². The summed E-state index contributed by atoms with van der Waals surface area (Å²) in [5.74, 6) is 0.654. The first kappa shape index (κ1) is 30.2. The van der Waals surface area contributed by atoms with Gasteiger partial charge in [0, 0.05) is 10.8 Å². The number of phenolic OH excluding ortho intramolecular Hbond substituents is 1. The number of rotatable bonds is 9. The van der Waals surface area contributed by atoms with Gasteiger partial charge in [0.25, 0.3) is 0 Å². The molecule has 1 spiro atoms. The maximum atomic E-state index is 12.9. The first-order valence-electron chi connectivity index (χ1n) is 17.4. The summed E-state index contributed by atoms with van der Waals surface area (Å²) >= 11 is 0. The zero-order valence-electron chi connectivity index (χ0n) is 26.1. The summed E-state index contributed by atoms with van der Waals surface area (Å²) in [5.41, 5.74) is 5.18. The Morgan fingerprint density at radius 1 is 0.860 bits per heavy atom. The van der Waals surface area contributed by atoms with E-state index in [0.29, 0.717) is 18.1 Å². The van der Waals surface area contributed by atoms with E-state index in [1.165, 1.54) is 80.1 Å². The average molecular weight is 581 g/mol. The normalized spacial score (nSPS) is 28.3. The Bertz CT molecular complexity index is 1300. The molecule has 0 amide bonds. The van der Waals surface area contributed by atoms with E-state index in [9.17, 15) is 15.0 Å². The molecule has 4 bridgehead atoms. The highest BCUT2D eigenvalue weighted by Crippen LogP contribution is 2.53. The Morgan fingerprint density at radius 3 is 2.40 bits per heavy atom. The van der Waals surface area contributed by atoms with Gasteiger partial charge in [-0.05, 0) is 111 Å². The lowest BCUT2D eigenvalue weighted by molar-refractivity contribution is -0.145. The number of aliphatic carboxylic acids is 1. The molecule has 2 N–H and O–H groups in total. The van der Waals surface area contributed by atoms with E-state index in [2.05, 4.69) is 54.6 Å². The third kappa shape index (κ3) is 6.52. The van der Waals surface area contributed by atoms with Crippen LogP contribution in [-0.4, -0.2) is 16.2 Å². The van der Waals surface area contributed by atoms with Gasteiger partial charge in [0.05, 0.1) is 5.92 Å². The monoisotopic (exact) mass is 580 g/mol. The van der Waals surface area contributed by atoms with Crippen LogP contribution in [0.4, 0.5) is 0 Å². The summed E-state index contributed by atoms with van der Waals surface area (Å²) in [5, 5.41) is 20.8. The summed E-state index contributed by atoms with van der Waals surface area (Å²) in [6.45, 7) is 0. The van der Waals surface area contributed by atoms with Gasteiger partial charge in [-0.25, -0.2) is 0 Å². The third-order valence-electron chi connectivity index (χ3n) is 12.0. The van der Waals surface area contributed by atoms with Crippen molar-refractivity contribution >= 4 is 5.97 Å². The first-order valence-corrected chi connectivity index (χ1v) is 17.4. The van der Waals surface area contributed by atoms with Crippen molar-refractivity contribution in [3.8, 4) is 5.75 Å². The smallest absolute Gasteiger partial charge is 0.307 e. The zero-order chi connectivity index (χ0) is 29.7. The van der Waals surface area contributed by atoms with Crippen LogP contribution >= 0.6 is 0 Å². The molecule has 7 rings (SSSR count). The van der Waals surface area contributed by atoms with Crippen LogP contribution in [0, 0.1) is 17.8 Å². The fourth-order valence-corrected chi connectivity index (χ4v) is 9.58. The van der Waals surface area contributed by atoms with Gasteiger partial charge in [0.15, 0.2) is 0 Å². The van der Waals surface area contributed by atoms with Crippen molar-refractivity contribution < 1.29 is 15.0 Å². The Balaban J connectivity index is 1.32. The topological polar surface area (TPSA) is 57.5 Å². The van der Waals surface area contributed by atoms with Gasteiger partial charge >= 0.3 is 5.97 Å². The Labute approximate surface area is 259 Å². The van der Waals surface area contributed by atoms with E-state index >= 15 is 0 Å². The number of carbonyl (C=O) groups is 1.